The fraction of sp³-hybridized carbons (Fsp3) is 0.130. The number of fused-ring (bicyclic) bond motifs is 1. The lowest BCUT2D eigenvalue weighted by Crippen LogP contribution is -2.05. The first-order valence-corrected chi connectivity index (χ1v) is 8.34. The molecule has 0 amide bonds. The molecule has 0 bridgehead atoms. The van der Waals surface area contributed by atoms with Crippen LogP contribution in [0, 0.1) is 0 Å². The van der Waals surface area contributed by atoms with Crippen molar-refractivity contribution in [2.75, 3.05) is 0 Å². The SMILES string of the molecule is O=C(C(=C=C1CC1)Cc1ccc2ccccc2c1)c1ccccc1. The van der Waals surface area contributed by atoms with Crippen LogP contribution < -0.4 is 0 Å². The number of hydrogen-bond acceptors (Lipinski definition) is 1. The van der Waals surface area contributed by atoms with Crippen molar-refractivity contribution >= 4 is 16.6 Å². The number of ketones is 1. The molecule has 3 aromatic carbocycles. The van der Waals surface area contributed by atoms with Gasteiger partial charge in [-0.1, -0.05) is 72.8 Å². The first-order valence-electron chi connectivity index (χ1n) is 8.34. The van der Waals surface area contributed by atoms with Crippen LogP contribution in [-0.4, -0.2) is 5.78 Å². The van der Waals surface area contributed by atoms with Gasteiger partial charge in [0.05, 0.1) is 0 Å². The number of carbonyl (C=O) groups is 1. The molecule has 0 saturated heterocycles. The van der Waals surface area contributed by atoms with Crippen molar-refractivity contribution in [3.63, 3.8) is 0 Å². The molecule has 0 unspecified atom stereocenters. The van der Waals surface area contributed by atoms with Crippen LogP contribution in [0.2, 0.25) is 0 Å². The summed E-state index contributed by atoms with van der Waals surface area (Å²) in [6.45, 7) is 0. The Kier molecular flexibility index (Phi) is 3.86. The molecule has 0 heterocycles. The summed E-state index contributed by atoms with van der Waals surface area (Å²) in [4.78, 5) is 12.9. The molecule has 0 atom stereocenters. The summed E-state index contributed by atoms with van der Waals surface area (Å²) in [6.07, 6.45) is 2.77. The van der Waals surface area contributed by atoms with Crippen LogP contribution in [-0.2, 0) is 6.42 Å². The van der Waals surface area contributed by atoms with E-state index in [1.807, 2.05) is 42.5 Å². The van der Waals surface area contributed by atoms with Crippen molar-refractivity contribution in [2.45, 2.75) is 19.3 Å². The topological polar surface area (TPSA) is 17.1 Å². The van der Waals surface area contributed by atoms with Gasteiger partial charge < -0.3 is 0 Å². The molecular weight excluding hydrogens is 292 g/mol. The van der Waals surface area contributed by atoms with Crippen LogP contribution in [0.5, 0.6) is 0 Å². The maximum atomic E-state index is 12.9. The normalized spacial score (nSPS) is 12.8. The molecule has 1 heteroatoms. The van der Waals surface area contributed by atoms with E-state index in [9.17, 15) is 4.79 Å². The van der Waals surface area contributed by atoms with Crippen molar-refractivity contribution in [1.82, 2.24) is 0 Å². The van der Waals surface area contributed by atoms with Gasteiger partial charge in [0.15, 0.2) is 5.78 Å². The number of hydrogen-bond donors (Lipinski definition) is 0. The fourth-order valence-electron chi connectivity index (χ4n) is 2.90. The Labute approximate surface area is 142 Å². The summed E-state index contributed by atoms with van der Waals surface area (Å²) in [6, 6.07) is 24.2. The van der Waals surface area contributed by atoms with E-state index in [-0.39, 0.29) is 5.78 Å². The summed E-state index contributed by atoms with van der Waals surface area (Å²) >= 11 is 0. The molecular formula is C23H18O. The Hall–Kier alpha value is -2.89. The van der Waals surface area contributed by atoms with Crippen molar-refractivity contribution in [2.24, 2.45) is 0 Å². The molecule has 0 aromatic heterocycles. The Morgan fingerprint density at radius 3 is 2.29 bits per heavy atom. The number of allylic oxidation sites excluding steroid dienone is 1. The predicted molar refractivity (Wildman–Crippen MR) is 98.2 cm³/mol. The van der Waals surface area contributed by atoms with Crippen LogP contribution in [0.15, 0.2) is 89.7 Å². The summed E-state index contributed by atoms with van der Waals surface area (Å²) in [5, 5.41) is 2.43. The van der Waals surface area contributed by atoms with Gasteiger partial charge >= 0.3 is 0 Å². The van der Waals surface area contributed by atoms with Crippen molar-refractivity contribution in [3.8, 4) is 0 Å². The Bertz CT molecular complexity index is 967. The van der Waals surface area contributed by atoms with Crippen molar-refractivity contribution < 1.29 is 4.79 Å². The quantitative estimate of drug-likeness (QED) is 0.353. The minimum atomic E-state index is 0.0863. The number of Topliss-reactive ketones (excluding diaryl/α,β-unsaturated/α-hetero) is 1. The zero-order valence-electron chi connectivity index (χ0n) is 13.5. The van der Waals surface area contributed by atoms with Crippen LogP contribution in [0.1, 0.15) is 28.8 Å². The molecule has 3 aromatic rings. The molecule has 1 aliphatic rings. The van der Waals surface area contributed by atoms with Gasteiger partial charge in [0.2, 0.25) is 0 Å². The third-order valence-corrected chi connectivity index (χ3v) is 4.33. The third kappa shape index (κ3) is 3.22. The van der Waals surface area contributed by atoms with Crippen molar-refractivity contribution in [3.05, 3.63) is 101 Å². The lowest BCUT2D eigenvalue weighted by molar-refractivity contribution is 0.103. The lowest BCUT2D eigenvalue weighted by Gasteiger charge is -2.07. The molecule has 0 N–H and O–H groups in total. The fourth-order valence-corrected chi connectivity index (χ4v) is 2.90. The standard InChI is InChI=1S/C23H18O/c24-23(20-7-2-1-3-8-20)22(14-17-10-11-17)16-18-12-13-19-6-4-5-9-21(19)15-18/h1-9,12-13,15H,10-11,16H2. The lowest BCUT2D eigenvalue weighted by atomic mass is 9.96. The second-order valence-electron chi connectivity index (χ2n) is 6.26. The van der Waals surface area contributed by atoms with Gasteiger partial charge in [-0.3, -0.25) is 4.79 Å². The van der Waals surface area contributed by atoms with Gasteiger partial charge in [0, 0.05) is 17.6 Å². The Morgan fingerprint density at radius 2 is 1.54 bits per heavy atom. The van der Waals surface area contributed by atoms with E-state index in [2.05, 4.69) is 36.1 Å². The largest absolute Gasteiger partial charge is 0.288 e. The van der Waals surface area contributed by atoms with Gasteiger partial charge in [0.1, 0.15) is 0 Å². The summed E-state index contributed by atoms with van der Waals surface area (Å²) in [5.41, 5.74) is 7.29. The molecule has 1 saturated carbocycles. The highest BCUT2D eigenvalue weighted by Crippen LogP contribution is 2.28. The van der Waals surface area contributed by atoms with Crippen LogP contribution in [0.3, 0.4) is 0 Å². The van der Waals surface area contributed by atoms with Crippen LogP contribution in [0.25, 0.3) is 10.8 Å². The zero-order valence-corrected chi connectivity index (χ0v) is 13.5. The van der Waals surface area contributed by atoms with Crippen molar-refractivity contribution in [1.29, 1.82) is 0 Å². The third-order valence-electron chi connectivity index (χ3n) is 4.33. The van der Waals surface area contributed by atoms with E-state index in [1.165, 1.54) is 16.3 Å². The highest BCUT2D eigenvalue weighted by molar-refractivity contribution is 6.08. The number of rotatable bonds is 4. The van der Waals surface area contributed by atoms with E-state index in [1.54, 1.807) is 0 Å². The highest BCUT2D eigenvalue weighted by Gasteiger charge is 2.16. The van der Waals surface area contributed by atoms with E-state index in [4.69, 9.17) is 0 Å². The molecule has 4 rings (SSSR count). The second-order valence-corrected chi connectivity index (χ2v) is 6.26. The molecule has 0 radical (unpaired) electrons. The first-order chi connectivity index (χ1) is 11.8. The van der Waals surface area contributed by atoms with Crippen LogP contribution in [0.4, 0.5) is 0 Å². The van der Waals surface area contributed by atoms with E-state index < -0.39 is 0 Å². The molecule has 24 heavy (non-hydrogen) atoms. The smallest absolute Gasteiger partial charge is 0.197 e. The predicted octanol–water partition coefficient (Wildman–Crippen LogP) is 5.51. The van der Waals surface area contributed by atoms with E-state index >= 15 is 0 Å². The van der Waals surface area contributed by atoms with Gasteiger partial charge in [0.25, 0.3) is 0 Å². The van der Waals surface area contributed by atoms with Gasteiger partial charge in [-0.05, 0) is 34.8 Å². The molecule has 1 fully saturated rings. The Balaban J connectivity index is 1.70. The van der Waals surface area contributed by atoms with Gasteiger partial charge in [-0.25, -0.2) is 0 Å². The minimum Gasteiger partial charge on any atom is -0.288 e. The second kappa shape index (κ2) is 6.31. The number of carbonyl (C=O) groups excluding carboxylic acids is 1. The van der Waals surface area contributed by atoms with Gasteiger partial charge in [-0.2, -0.15) is 0 Å². The molecule has 116 valence electrons. The average Bonchev–Trinajstić information content (AvgIpc) is 3.45. The maximum absolute atomic E-state index is 12.9. The number of benzene rings is 3. The highest BCUT2D eigenvalue weighted by atomic mass is 16.1. The zero-order chi connectivity index (χ0) is 16.4. The molecule has 1 aliphatic carbocycles. The maximum Gasteiger partial charge on any atom is 0.197 e. The van der Waals surface area contributed by atoms with Crippen LogP contribution >= 0.6 is 0 Å². The first kappa shape index (κ1) is 14.7. The summed E-state index contributed by atoms with van der Waals surface area (Å²) < 4.78 is 0. The van der Waals surface area contributed by atoms with Gasteiger partial charge in [-0.15, -0.1) is 5.73 Å². The van der Waals surface area contributed by atoms with E-state index in [0.29, 0.717) is 6.42 Å². The van der Waals surface area contributed by atoms with E-state index in [0.717, 1.165) is 29.5 Å². The minimum absolute atomic E-state index is 0.0863. The Morgan fingerprint density at radius 1 is 0.833 bits per heavy atom. The molecule has 0 spiro atoms. The average molecular weight is 310 g/mol. The summed E-state index contributed by atoms with van der Waals surface area (Å²) in [7, 11) is 0. The molecule has 1 nitrogen and oxygen atoms in total. The summed E-state index contributed by atoms with van der Waals surface area (Å²) in [5.74, 6) is 0.0863. The molecule has 0 aliphatic heterocycles. The monoisotopic (exact) mass is 310 g/mol.